The SMILES string of the molecule is CCCCCCP(=O)([O-])CC. The Morgan fingerprint density at radius 1 is 1.18 bits per heavy atom. The van der Waals surface area contributed by atoms with Crippen LogP contribution >= 0.6 is 7.37 Å². The van der Waals surface area contributed by atoms with E-state index in [1.807, 2.05) is 0 Å². The molecule has 1 unspecified atom stereocenters. The largest absolute Gasteiger partial charge is 0.799 e. The molecule has 0 aliphatic carbocycles. The molecule has 2 nitrogen and oxygen atoms in total. The molecule has 0 heterocycles. The molecule has 0 aromatic heterocycles. The zero-order chi connectivity index (χ0) is 8.74. The lowest BCUT2D eigenvalue weighted by atomic mass is 10.2. The molecule has 0 bridgehead atoms. The zero-order valence-corrected chi connectivity index (χ0v) is 8.40. The average Bonchev–Trinajstić information content (AvgIpc) is 1.99. The van der Waals surface area contributed by atoms with Gasteiger partial charge in [0.25, 0.3) is 0 Å². The quantitative estimate of drug-likeness (QED) is 0.461. The van der Waals surface area contributed by atoms with Gasteiger partial charge in [0.2, 0.25) is 0 Å². The molecule has 0 aliphatic rings. The summed E-state index contributed by atoms with van der Waals surface area (Å²) >= 11 is 0. The van der Waals surface area contributed by atoms with Crippen LogP contribution in [-0.2, 0) is 4.57 Å². The Morgan fingerprint density at radius 3 is 2.27 bits per heavy atom. The Balaban J connectivity index is 3.31. The summed E-state index contributed by atoms with van der Waals surface area (Å²) in [5, 5.41) is 0. The Kier molecular flexibility index (Phi) is 5.89. The summed E-state index contributed by atoms with van der Waals surface area (Å²) in [6.45, 7) is 3.84. The number of rotatable bonds is 6. The molecule has 0 aromatic carbocycles. The van der Waals surface area contributed by atoms with Crippen molar-refractivity contribution in [2.75, 3.05) is 12.3 Å². The van der Waals surface area contributed by atoms with Crippen LogP contribution < -0.4 is 4.89 Å². The molecule has 0 fully saturated rings. The van der Waals surface area contributed by atoms with E-state index in [1.165, 1.54) is 0 Å². The van der Waals surface area contributed by atoms with Crippen molar-refractivity contribution in [2.24, 2.45) is 0 Å². The molecule has 0 aromatic rings. The standard InChI is InChI=1S/C8H19O2P/c1-3-5-6-7-8-11(9,10)4-2/h3-8H2,1-2H3,(H,9,10)/p-1. The van der Waals surface area contributed by atoms with Crippen molar-refractivity contribution in [2.45, 2.75) is 39.5 Å². The summed E-state index contributed by atoms with van der Waals surface area (Å²) in [5.41, 5.74) is 0. The van der Waals surface area contributed by atoms with Gasteiger partial charge in [-0.25, -0.2) is 0 Å². The van der Waals surface area contributed by atoms with Gasteiger partial charge in [-0.15, -0.1) is 0 Å². The van der Waals surface area contributed by atoms with Crippen LogP contribution in [-0.4, -0.2) is 12.3 Å². The first-order valence-electron chi connectivity index (χ1n) is 4.41. The highest BCUT2D eigenvalue weighted by Gasteiger charge is 2.02. The summed E-state index contributed by atoms with van der Waals surface area (Å²) in [6.07, 6.45) is 4.95. The predicted molar refractivity (Wildman–Crippen MR) is 47.2 cm³/mol. The summed E-state index contributed by atoms with van der Waals surface area (Å²) in [7, 11) is -2.96. The molecule has 0 N–H and O–H groups in total. The minimum atomic E-state index is -2.96. The minimum Gasteiger partial charge on any atom is -0.799 e. The van der Waals surface area contributed by atoms with E-state index in [2.05, 4.69) is 6.92 Å². The number of hydrogen-bond acceptors (Lipinski definition) is 2. The van der Waals surface area contributed by atoms with E-state index in [0.29, 0.717) is 12.3 Å². The second-order valence-corrected chi connectivity index (χ2v) is 5.62. The highest BCUT2D eigenvalue weighted by Crippen LogP contribution is 2.35. The third-order valence-electron chi connectivity index (χ3n) is 1.83. The van der Waals surface area contributed by atoms with Crippen molar-refractivity contribution in [3.05, 3.63) is 0 Å². The monoisotopic (exact) mass is 177 g/mol. The summed E-state index contributed by atoms with van der Waals surface area (Å²) in [4.78, 5) is 11.0. The van der Waals surface area contributed by atoms with Gasteiger partial charge in [-0.1, -0.05) is 33.1 Å². The summed E-state index contributed by atoms with van der Waals surface area (Å²) in [6, 6.07) is 0. The van der Waals surface area contributed by atoms with E-state index in [0.717, 1.165) is 25.7 Å². The lowest BCUT2D eigenvalue weighted by Gasteiger charge is -2.20. The average molecular weight is 177 g/mol. The van der Waals surface area contributed by atoms with Crippen molar-refractivity contribution in [1.82, 2.24) is 0 Å². The molecule has 0 rings (SSSR count). The van der Waals surface area contributed by atoms with E-state index in [9.17, 15) is 9.46 Å². The summed E-state index contributed by atoms with van der Waals surface area (Å²) in [5.74, 6) is 0. The van der Waals surface area contributed by atoms with Crippen LogP contribution in [0.1, 0.15) is 39.5 Å². The van der Waals surface area contributed by atoms with Crippen molar-refractivity contribution >= 4 is 7.37 Å². The van der Waals surface area contributed by atoms with E-state index in [4.69, 9.17) is 0 Å². The maximum atomic E-state index is 11.0. The maximum Gasteiger partial charge on any atom is 0.0145 e. The minimum absolute atomic E-state index is 0.319. The normalized spacial score (nSPS) is 16.3. The van der Waals surface area contributed by atoms with Crippen LogP contribution in [0.4, 0.5) is 0 Å². The van der Waals surface area contributed by atoms with Gasteiger partial charge in [0.15, 0.2) is 0 Å². The highest BCUT2D eigenvalue weighted by atomic mass is 31.2. The fraction of sp³-hybridized carbons (Fsp3) is 1.00. The van der Waals surface area contributed by atoms with Gasteiger partial charge in [-0.3, -0.25) is 0 Å². The van der Waals surface area contributed by atoms with Crippen LogP contribution in [0.5, 0.6) is 0 Å². The Morgan fingerprint density at radius 2 is 1.82 bits per heavy atom. The van der Waals surface area contributed by atoms with Gasteiger partial charge in [-0.05, 0) is 18.7 Å². The molecular formula is C8H18O2P-. The first-order valence-corrected chi connectivity index (χ1v) is 6.41. The van der Waals surface area contributed by atoms with Crippen molar-refractivity contribution in [3.8, 4) is 0 Å². The van der Waals surface area contributed by atoms with Gasteiger partial charge < -0.3 is 9.46 Å². The molecule has 0 radical (unpaired) electrons. The first kappa shape index (κ1) is 11.2. The van der Waals surface area contributed by atoms with Gasteiger partial charge in [-0.2, -0.15) is 0 Å². The highest BCUT2D eigenvalue weighted by molar-refractivity contribution is 7.56. The van der Waals surface area contributed by atoms with Crippen molar-refractivity contribution in [1.29, 1.82) is 0 Å². The molecule has 1 atom stereocenters. The summed E-state index contributed by atoms with van der Waals surface area (Å²) < 4.78 is 11.0. The van der Waals surface area contributed by atoms with Gasteiger partial charge >= 0.3 is 0 Å². The molecule has 0 saturated carbocycles. The van der Waals surface area contributed by atoms with E-state index in [1.54, 1.807) is 6.92 Å². The van der Waals surface area contributed by atoms with Crippen LogP contribution in [0.15, 0.2) is 0 Å². The van der Waals surface area contributed by atoms with E-state index >= 15 is 0 Å². The molecule has 11 heavy (non-hydrogen) atoms. The topological polar surface area (TPSA) is 40.1 Å². The Labute approximate surface area is 69.5 Å². The zero-order valence-electron chi connectivity index (χ0n) is 7.51. The number of hydrogen-bond donors (Lipinski definition) is 0. The van der Waals surface area contributed by atoms with Gasteiger partial charge in [0, 0.05) is 7.37 Å². The first-order chi connectivity index (χ1) is 5.12. The van der Waals surface area contributed by atoms with Crippen LogP contribution in [0.2, 0.25) is 0 Å². The molecule has 68 valence electrons. The number of unbranched alkanes of at least 4 members (excludes halogenated alkanes) is 3. The van der Waals surface area contributed by atoms with Crippen LogP contribution in [0, 0.1) is 0 Å². The molecule has 0 amide bonds. The predicted octanol–water partition coefficient (Wildman–Crippen LogP) is 2.22. The Hall–Kier alpha value is 0.190. The van der Waals surface area contributed by atoms with E-state index in [-0.39, 0.29) is 0 Å². The maximum absolute atomic E-state index is 11.0. The third kappa shape index (κ3) is 6.58. The lowest BCUT2D eigenvalue weighted by Crippen LogP contribution is -2.06. The second kappa shape index (κ2) is 5.79. The van der Waals surface area contributed by atoms with Gasteiger partial charge in [0.05, 0.1) is 0 Å². The molecule has 3 heteroatoms. The van der Waals surface area contributed by atoms with E-state index < -0.39 is 7.37 Å². The van der Waals surface area contributed by atoms with Gasteiger partial charge in [0.1, 0.15) is 0 Å². The van der Waals surface area contributed by atoms with Crippen molar-refractivity contribution in [3.63, 3.8) is 0 Å². The smallest absolute Gasteiger partial charge is 0.0145 e. The fourth-order valence-electron chi connectivity index (χ4n) is 0.938. The van der Waals surface area contributed by atoms with Crippen LogP contribution in [0.3, 0.4) is 0 Å². The lowest BCUT2D eigenvalue weighted by molar-refractivity contribution is -0.174. The third-order valence-corrected chi connectivity index (χ3v) is 3.80. The Bertz CT molecular complexity index is 134. The second-order valence-electron chi connectivity index (χ2n) is 2.92. The molecular weight excluding hydrogens is 159 g/mol. The molecule has 0 spiro atoms. The fourth-order valence-corrected chi connectivity index (χ4v) is 1.96. The molecule has 0 aliphatic heterocycles. The molecule has 0 saturated heterocycles. The van der Waals surface area contributed by atoms with Crippen molar-refractivity contribution < 1.29 is 9.46 Å². The van der Waals surface area contributed by atoms with Crippen LogP contribution in [0.25, 0.3) is 0 Å².